The summed E-state index contributed by atoms with van der Waals surface area (Å²) in [6.45, 7) is 4.98. The number of nitrogens with two attached hydrogens (primary N) is 1. The zero-order chi connectivity index (χ0) is 10.1. The van der Waals surface area contributed by atoms with Crippen LogP contribution < -0.4 is 5.73 Å². The van der Waals surface area contributed by atoms with Crippen molar-refractivity contribution in [1.29, 1.82) is 0 Å². The lowest BCUT2D eigenvalue weighted by molar-refractivity contribution is 0.317. The molecule has 1 fully saturated rings. The molecule has 1 aliphatic heterocycles. The van der Waals surface area contributed by atoms with Crippen molar-refractivity contribution < 1.29 is 0 Å². The number of likely N-dealkylation sites (tertiary alicyclic amines) is 1. The van der Waals surface area contributed by atoms with Crippen LogP contribution in [0.1, 0.15) is 11.9 Å². The van der Waals surface area contributed by atoms with Crippen molar-refractivity contribution in [3.05, 3.63) is 9.47 Å². The zero-order valence-corrected chi connectivity index (χ0v) is 9.55. The summed E-state index contributed by atoms with van der Waals surface area (Å²) >= 11 is 7.14. The largest absolute Gasteiger partial charge is 0.326 e. The molecule has 2 rings (SSSR count). The third kappa shape index (κ3) is 2.23. The average molecular weight is 233 g/mol. The van der Waals surface area contributed by atoms with Gasteiger partial charge in [-0.25, -0.2) is 0 Å². The van der Waals surface area contributed by atoms with Crippen LogP contribution >= 0.6 is 22.9 Å². The molecule has 0 radical (unpaired) electrons. The Labute approximate surface area is 92.1 Å². The summed E-state index contributed by atoms with van der Waals surface area (Å²) in [5.74, 6) is 0.568. The van der Waals surface area contributed by atoms with Crippen molar-refractivity contribution >= 4 is 22.9 Å². The van der Waals surface area contributed by atoms with E-state index in [1.165, 1.54) is 11.3 Å². The molecule has 0 amide bonds. The summed E-state index contributed by atoms with van der Waals surface area (Å²) in [5.41, 5.74) is 5.93. The van der Waals surface area contributed by atoms with E-state index in [0.29, 0.717) is 16.4 Å². The number of aromatic nitrogens is 2. The van der Waals surface area contributed by atoms with Gasteiger partial charge in [-0.15, -0.1) is 10.2 Å². The van der Waals surface area contributed by atoms with E-state index in [9.17, 15) is 0 Å². The van der Waals surface area contributed by atoms with Crippen LogP contribution in [-0.2, 0) is 6.54 Å². The first kappa shape index (κ1) is 10.3. The van der Waals surface area contributed by atoms with Gasteiger partial charge in [0, 0.05) is 19.1 Å². The maximum atomic E-state index is 5.93. The Morgan fingerprint density at radius 3 is 2.86 bits per heavy atom. The van der Waals surface area contributed by atoms with Gasteiger partial charge < -0.3 is 5.73 Å². The van der Waals surface area contributed by atoms with E-state index in [1.807, 2.05) is 0 Å². The highest BCUT2D eigenvalue weighted by Crippen LogP contribution is 2.20. The van der Waals surface area contributed by atoms with Gasteiger partial charge in [-0.2, -0.15) is 0 Å². The van der Waals surface area contributed by atoms with Gasteiger partial charge in [0.25, 0.3) is 0 Å². The first-order valence-electron chi connectivity index (χ1n) is 4.61. The minimum Gasteiger partial charge on any atom is -0.326 e. The quantitative estimate of drug-likeness (QED) is 0.826. The predicted octanol–water partition coefficient (Wildman–Crippen LogP) is 0.970. The highest BCUT2D eigenvalue weighted by molar-refractivity contribution is 7.15. The first-order chi connectivity index (χ1) is 6.65. The van der Waals surface area contributed by atoms with Crippen LogP contribution in [0.5, 0.6) is 0 Å². The van der Waals surface area contributed by atoms with Crippen LogP contribution in [0.4, 0.5) is 0 Å². The number of rotatable bonds is 2. The van der Waals surface area contributed by atoms with Crippen LogP contribution in [0.2, 0.25) is 4.47 Å². The van der Waals surface area contributed by atoms with E-state index >= 15 is 0 Å². The Hall–Kier alpha value is -0.230. The Kier molecular flexibility index (Phi) is 3.02. The number of hydrogen-bond donors (Lipinski definition) is 1. The lowest BCUT2D eigenvalue weighted by Gasteiger charge is -2.11. The van der Waals surface area contributed by atoms with Crippen molar-refractivity contribution in [3.63, 3.8) is 0 Å². The molecular weight excluding hydrogens is 220 g/mol. The van der Waals surface area contributed by atoms with Crippen LogP contribution in [0.25, 0.3) is 0 Å². The second-order valence-electron chi connectivity index (χ2n) is 3.78. The SMILES string of the molecule is CC1CN(Cc2nnc(Cl)s2)CC1N. The van der Waals surface area contributed by atoms with Crippen LogP contribution in [-0.4, -0.2) is 34.2 Å². The van der Waals surface area contributed by atoms with Gasteiger partial charge in [-0.05, 0) is 17.5 Å². The molecule has 14 heavy (non-hydrogen) atoms. The van der Waals surface area contributed by atoms with Crippen molar-refractivity contribution in [2.75, 3.05) is 13.1 Å². The number of hydrogen-bond acceptors (Lipinski definition) is 5. The van der Waals surface area contributed by atoms with Crippen LogP contribution in [0, 0.1) is 5.92 Å². The van der Waals surface area contributed by atoms with Crippen LogP contribution in [0.3, 0.4) is 0 Å². The molecule has 2 atom stereocenters. The lowest BCUT2D eigenvalue weighted by Crippen LogP contribution is -2.28. The van der Waals surface area contributed by atoms with Gasteiger partial charge in [0.05, 0.1) is 6.54 Å². The minimum absolute atomic E-state index is 0.290. The van der Waals surface area contributed by atoms with E-state index in [1.54, 1.807) is 0 Å². The predicted molar refractivity (Wildman–Crippen MR) is 57.3 cm³/mol. The molecule has 1 aromatic rings. The van der Waals surface area contributed by atoms with Gasteiger partial charge in [-0.1, -0.05) is 18.3 Å². The molecule has 1 aliphatic rings. The van der Waals surface area contributed by atoms with Gasteiger partial charge in [0.15, 0.2) is 0 Å². The van der Waals surface area contributed by atoms with E-state index < -0.39 is 0 Å². The van der Waals surface area contributed by atoms with Crippen LogP contribution in [0.15, 0.2) is 0 Å². The van der Waals surface area contributed by atoms with E-state index in [2.05, 4.69) is 22.0 Å². The smallest absolute Gasteiger partial charge is 0.207 e. The molecule has 1 aromatic heterocycles. The fraction of sp³-hybridized carbons (Fsp3) is 0.750. The van der Waals surface area contributed by atoms with E-state index in [-0.39, 0.29) is 0 Å². The molecule has 6 heteroatoms. The maximum Gasteiger partial charge on any atom is 0.207 e. The number of nitrogens with zero attached hydrogens (tertiary/aromatic N) is 3. The molecule has 4 nitrogen and oxygen atoms in total. The van der Waals surface area contributed by atoms with E-state index in [0.717, 1.165) is 24.6 Å². The molecule has 2 unspecified atom stereocenters. The molecule has 0 aromatic carbocycles. The summed E-state index contributed by atoms with van der Waals surface area (Å²) in [6, 6.07) is 0.290. The second-order valence-corrected chi connectivity index (χ2v) is 5.43. The average Bonchev–Trinajstić information content (AvgIpc) is 2.62. The zero-order valence-electron chi connectivity index (χ0n) is 7.98. The monoisotopic (exact) mass is 232 g/mol. The minimum atomic E-state index is 0.290. The molecule has 1 saturated heterocycles. The van der Waals surface area contributed by atoms with Crippen molar-refractivity contribution in [1.82, 2.24) is 15.1 Å². The van der Waals surface area contributed by atoms with E-state index in [4.69, 9.17) is 17.3 Å². The summed E-state index contributed by atoms with van der Waals surface area (Å²) in [5, 5.41) is 8.72. The molecular formula is C8H13ClN4S. The highest BCUT2D eigenvalue weighted by Gasteiger charge is 2.26. The van der Waals surface area contributed by atoms with Crippen molar-refractivity contribution in [3.8, 4) is 0 Å². The lowest BCUT2D eigenvalue weighted by atomic mass is 10.1. The summed E-state index contributed by atoms with van der Waals surface area (Å²) in [6.07, 6.45) is 0. The molecule has 0 spiro atoms. The maximum absolute atomic E-state index is 5.93. The van der Waals surface area contributed by atoms with Gasteiger partial charge in [0.1, 0.15) is 5.01 Å². The fourth-order valence-electron chi connectivity index (χ4n) is 1.71. The van der Waals surface area contributed by atoms with Gasteiger partial charge >= 0.3 is 0 Å². The summed E-state index contributed by atoms with van der Waals surface area (Å²) in [4.78, 5) is 2.30. The topological polar surface area (TPSA) is 55.0 Å². The molecule has 2 N–H and O–H groups in total. The molecule has 0 bridgehead atoms. The summed E-state index contributed by atoms with van der Waals surface area (Å²) < 4.78 is 0.511. The first-order valence-corrected chi connectivity index (χ1v) is 5.80. The van der Waals surface area contributed by atoms with Gasteiger partial charge in [-0.3, -0.25) is 4.90 Å². The Morgan fingerprint density at radius 1 is 1.57 bits per heavy atom. The normalized spacial score (nSPS) is 28.5. The molecule has 0 aliphatic carbocycles. The molecule has 78 valence electrons. The highest BCUT2D eigenvalue weighted by atomic mass is 35.5. The Balaban J connectivity index is 1.93. The van der Waals surface area contributed by atoms with Crippen molar-refractivity contribution in [2.24, 2.45) is 11.7 Å². The molecule has 2 heterocycles. The fourth-order valence-corrected chi connectivity index (χ4v) is 2.62. The third-order valence-electron chi connectivity index (χ3n) is 2.55. The Morgan fingerprint density at radius 2 is 2.36 bits per heavy atom. The van der Waals surface area contributed by atoms with Crippen molar-refractivity contribution in [2.45, 2.75) is 19.5 Å². The third-order valence-corrected chi connectivity index (χ3v) is 3.55. The summed E-state index contributed by atoms with van der Waals surface area (Å²) in [7, 11) is 0. The second kappa shape index (κ2) is 4.10. The Bertz CT molecular complexity index is 306. The molecule has 0 saturated carbocycles. The number of halogens is 1. The standard InChI is InChI=1S/C8H13ClN4S/c1-5-2-13(3-6(5)10)4-7-11-12-8(9)14-7/h5-6H,2-4,10H2,1H3. The van der Waals surface area contributed by atoms with Gasteiger partial charge in [0.2, 0.25) is 4.47 Å².